The topological polar surface area (TPSA) is 30.5 Å². The van der Waals surface area contributed by atoms with Gasteiger partial charge < -0.3 is 14.8 Å². The standard InChI is InChI=1S/C15H20ClNO2/c1-15(2)18-13-8-10(12(16)9-14(13)19-15)7-11-5-3-4-6-17-11/h8-9,11,17H,3-7H2,1-2H3. The normalized spacial score (nSPS) is 24.5. The molecule has 1 aromatic carbocycles. The summed E-state index contributed by atoms with van der Waals surface area (Å²) in [6.45, 7) is 4.92. The minimum absolute atomic E-state index is 0.527. The number of fused-ring (bicyclic) bond motifs is 1. The van der Waals surface area contributed by atoms with Crippen LogP contribution in [0.25, 0.3) is 0 Å². The maximum absolute atomic E-state index is 6.36. The minimum Gasteiger partial charge on any atom is -0.449 e. The molecule has 0 aliphatic carbocycles. The SMILES string of the molecule is CC1(C)Oc2cc(Cl)c(CC3CCCCN3)cc2O1. The largest absolute Gasteiger partial charge is 0.449 e. The number of rotatable bonds is 2. The van der Waals surface area contributed by atoms with Crippen LogP contribution >= 0.6 is 11.6 Å². The van der Waals surface area contributed by atoms with Crippen LogP contribution in [-0.2, 0) is 6.42 Å². The first-order chi connectivity index (χ1) is 9.03. The highest BCUT2D eigenvalue weighted by Crippen LogP contribution is 2.42. The molecule has 0 spiro atoms. The fourth-order valence-corrected chi connectivity index (χ4v) is 3.04. The van der Waals surface area contributed by atoms with E-state index in [1.54, 1.807) is 0 Å². The molecule has 0 radical (unpaired) electrons. The monoisotopic (exact) mass is 281 g/mol. The van der Waals surface area contributed by atoms with Crippen LogP contribution in [0.3, 0.4) is 0 Å². The van der Waals surface area contributed by atoms with Crippen molar-refractivity contribution in [2.75, 3.05) is 6.54 Å². The van der Waals surface area contributed by atoms with Crippen LogP contribution in [-0.4, -0.2) is 18.4 Å². The van der Waals surface area contributed by atoms with Crippen molar-refractivity contribution >= 4 is 11.6 Å². The highest BCUT2D eigenvalue weighted by molar-refractivity contribution is 6.31. The van der Waals surface area contributed by atoms with Crippen molar-refractivity contribution in [1.82, 2.24) is 5.32 Å². The minimum atomic E-state index is -0.590. The van der Waals surface area contributed by atoms with Gasteiger partial charge in [0.05, 0.1) is 0 Å². The summed E-state index contributed by atoms with van der Waals surface area (Å²) < 4.78 is 11.5. The Morgan fingerprint density at radius 2 is 2.00 bits per heavy atom. The lowest BCUT2D eigenvalue weighted by molar-refractivity contribution is -0.0431. The second kappa shape index (κ2) is 4.88. The average molecular weight is 282 g/mol. The predicted octanol–water partition coefficient (Wildman–Crippen LogP) is 3.53. The van der Waals surface area contributed by atoms with Gasteiger partial charge in [0.25, 0.3) is 0 Å². The number of hydrogen-bond donors (Lipinski definition) is 1. The Morgan fingerprint density at radius 3 is 2.68 bits per heavy atom. The molecule has 2 heterocycles. The van der Waals surface area contributed by atoms with Gasteiger partial charge in [0.1, 0.15) is 0 Å². The summed E-state index contributed by atoms with van der Waals surface area (Å²) in [5.41, 5.74) is 1.14. The van der Waals surface area contributed by atoms with Crippen molar-refractivity contribution in [1.29, 1.82) is 0 Å². The van der Waals surface area contributed by atoms with Gasteiger partial charge in [-0.15, -0.1) is 0 Å². The van der Waals surface area contributed by atoms with Crippen molar-refractivity contribution < 1.29 is 9.47 Å². The molecule has 1 N–H and O–H groups in total. The van der Waals surface area contributed by atoms with E-state index in [-0.39, 0.29) is 0 Å². The molecule has 19 heavy (non-hydrogen) atoms. The molecule has 1 aromatic rings. The lowest BCUT2D eigenvalue weighted by Crippen LogP contribution is -2.35. The fraction of sp³-hybridized carbons (Fsp3) is 0.600. The lowest BCUT2D eigenvalue weighted by atomic mass is 9.97. The van der Waals surface area contributed by atoms with Crippen molar-refractivity contribution in [3.05, 3.63) is 22.7 Å². The average Bonchev–Trinajstić information content (AvgIpc) is 2.64. The van der Waals surface area contributed by atoms with Crippen molar-refractivity contribution in [3.8, 4) is 11.5 Å². The van der Waals surface area contributed by atoms with E-state index in [1.807, 2.05) is 26.0 Å². The predicted molar refractivity (Wildman–Crippen MR) is 76.1 cm³/mol. The molecule has 0 saturated carbocycles. The van der Waals surface area contributed by atoms with Crippen LogP contribution in [0, 0.1) is 0 Å². The van der Waals surface area contributed by atoms with Crippen molar-refractivity contribution in [2.45, 2.75) is 51.4 Å². The van der Waals surface area contributed by atoms with Gasteiger partial charge in [0, 0.05) is 31.0 Å². The molecule has 2 aliphatic heterocycles. The summed E-state index contributed by atoms with van der Waals surface area (Å²) in [6, 6.07) is 4.44. The maximum Gasteiger partial charge on any atom is 0.246 e. The Bertz CT molecular complexity index is 481. The number of benzene rings is 1. The molecule has 0 amide bonds. The number of halogens is 1. The van der Waals surface area contributed by atoms with Crippen molar-refractivity contribution in [3.63, 3.8) is 0 Å². The Hall–Kier alpha value is -0.930. The van der Waals surface area contributed by atoms with E-state index in [9.17, 15) is 0 Å². The summed E-state index contributed by atoms with van der Waals surface area (Å²) in [5, 5.41) is 4.32. The maximum atomic E-state index is 6.36. The van der Waals surface area contributed by atoms with Gasteiger partial charge in [-0.2, -0.15) is 0 Å². The fourth-order valence-electron chi connectivity index (χ4n) is 2.81. The Kier molecular flexibility index (Phi) is 3.35. The summed E-state index contributed by atoms with van der Waals surface area (Å²) in [7, 11) is 0. The van der Waals surface area contributed by atoms with Crippen LogP contribution in [0.1, 0.15) is 38.7 Å². The molecule has 0 bridgehead atoms. The molecule has 1 unspecified atom stereocenters. The van der Waals surface area contributed by atoms with Crippen LogP contribution in [0.4, 0.5) is 0 Å². The van der Waals surface area contributed by atoms with Gasteiger partial charge >= 0.3 is 0 Å². The molecular formula is C15H20ClNO2. The molecular weight excluding hydrogens is 262 g/mol. The first kappa shape index (κ1) is 13.1. The van der Waals surface area contributed by atoms with Gasteiger partial charge in [0.15, 0.2) is 11.5 Å². The van der Waals surface area contributed by atoms with E-state index in [0.29, 0.717) is 6.04 Å². The van der Waals surface area contributed by atoms with E-state index >= 15 is 0 Å². The number of piperidine rings is 1. The van der Waals surface area contributed by atoms with E-state index in [1.165, 1.54) is 19.3 Å². The quantitative estimate of drug-likeness (QED) is 0.899. The third kappa shape index (κ3) is 2.82. The number of nitrogens with one attached hydrogen (secondary N) is 1. The van der Waals surface area contributed by atoms with Gasteiger partial charge in [-0.25, -0.2) is 0 Å². The molecule has 1 saturated heterocycles. The van der Waals surface area contributed by atoms with E-state index in [2.05, 4.69) is 5.32 Å². The van der Waals surface area contributed by atoms with Gasteiger partial charge in [0.2, 0.25) is 5.79 Å². The summed E-state index contributed by atoms with van der Waals surface area (Å²) in [4.78, 5) is 0. The molecule has 104 valence electrons. The van der Waals surface area contributed by atoms with Crippen molar-refractivity contribution in [2.24, 2.45) is 0 Å². The second-order valence-corrected chi connectivity index (χ2v) is 6.25. The third-order valence-electron chi connectivity index (χ3n) is 3.70. The first-order valence-corrected chi connectivity index (χ1v) is 7.35. The molecule has 3 nitrogen and oxygen atoms in total. The zero-order valence-corrected chi connectivity index (χ0v) is 12.2. The summed E-state index contributed by atoms with van der Waals surface area (Å²) in [6.07, 6.45) is 4.75. The first-order valence-electron chi connectivity index (χ1n) is 6.97. The zero-order chi connectivity index (χ0) is 13.5. The van der Waals surface area contributed by atoms with Crippen LogP contribution in [0.2, 0.25) is 5.02 Å². The van der Waals surface area contributed by atoms with Gasteiger partial charge in [-0.1, -0.05) is 18.0 Å². The lowest BCUT2D eigenvalue weighted by Gasteiger charge is -2.23. The van der Waals surface area contributed by atoms with Crippen LogP contribution in [0.15, 0.2) is 12.1 Å². The molecule has 2 aliphatic rings. The van der Waals surface area contributed by atoms with Crippen LogP contribution < -0.4 is 14.8 Å². The third-order valence-corrected chi connectivity index (χ3v) is 4.05. The number of hydrogen-bond acceptors (Lipinski definition) is 3. The molecule has 0 aromatic heterocycles. The number of ether oxygens (including phenoxy) is 2. The van der Waals surface area contributed by atoms with Crippen LogP contribution in [0.5, 0.6) is 11.5 Å². The Labute approximate surface area is 119 Å². The molecule has 4 heteroatoms. The van der Waals surface area contributed by atoms with E-state index in [4.69, 9.17) is 21.1 Å². The summed E-state index contributed by atoms with van der Waals surface area (Å²) in [5.74, 6) is 0.962. The van der Waals surface area contributed by atoms with Gasteiger partial charge in [-0.3, -0.25) is 0 Å². The van der Waals surface area contributed by atoms with Gasteiger partial charge in [-0.05, 0) is 37.4 Å². The highest BCUT2D eigenvalue weighted by atomic mass is 35.5. The molecule has 1 atom stereocenters. The molecule has 3 rings (SSSR count). The van der Waals surface area contributed by atoms with E-state index in [0.717, 1.165) is 35.1 Å². The zero-order valence-electron chi connectivity index (χ0n) is 11.5. The second-order valence-electron chi connectivity index (χ2n) is 5.85. The summed E-state index contributed by atoms with van der Waals surface area (Å²) >= 11 is 6.36. The Balaban J connectivity index is 1.79. The Morgan fingerprint density at radius 1 is 1.26 bits per heavy atom. The van der Waals surface area contributed by atoms with E-state index < -0.39 is 5.79 Å². The molecule has 1 fully saturated rings. The smallest absolute Gasteiger partial charge is 0.246 e. The highest BCUT2D eigenvalue weighted by Gasteiger charge is 2.32.